The molecule has 27 heavy (non-hydrogen) atoms. The minimum atomic E-state index is -4.56. The van der Waals surface area contributed by atoms with E-state index < -0.39 is 23.4 Å². The zero-order chi connectivity index (χ0) is 19.6. The number of hydrogen-bond donors (Lipinski definition) is 0. The number of alkyl halides is 3. The molecule has 0 fully saturated rings. The van der Waals surface area contributed by atoms with Crippen LogP contribution in [-0.2, 0) is 17.5 Å². The van der Waals surface area contributed by atoms with Gasteiger partial charge in [0.2, 0.25) is 5.75 Å². The van der Waals surface area contributed by atoms with Crippen molar-refractivity contribution in [3.63, 3.8) is 0 Å². The fraction of sp³-hybridized carbons (Fsp3) is 0.158. The maximum atomic E-state index is 13.0. The Labute approximate surface area is 152 Å². The van der Waals surface area contributed by atoms with E-state index in [1.54, 1.807) is 24.3 Å². The number of fused-ring (bicyclic) bond motifs is 1. The highest BCUT2D eigenvalue weighted by Crippen LogP contribution is 2.35. The van der Waals surface area contributed by atoms with Crippen molar-refractivity contribution in [1.29, 1.82) is 0 Å². The maximum absolute atomic E-state index is 13.0. The van der Waals surface area contributed by atoms with E-state index in [2.05, 4.69) is 4.74 Å². The summed E-state index contributed by atoms with van der Waals surface area (Å²) < 4.78 is 49.3. The fourth-order valence-corrected chi connectivity index (χ4v) is 2.63. The second-order valence-corrected chi connectivity index (χ2v) is 5.70. The van der Waals surface area contributed by atoms with Crippen molar-refractivity contribution in [2.24, 2.45) is 0 Å². The Balaban J connectivity index is 2.14. The highest BCUT2D eigenvalue weighted by atomic mass is 19.4. The highest BCUT2D eigenvalue weighted by Gasteiger charge is 2.33. The predicted octanol–water partition coefficient (Wildman–Crippen LogP) is 3.86. The zero-order valence-corrected chi connectivity index (χ0v) is 14.1. The van der Waals surface area contributed by atoms with Gasteiger partial charge in [-0.05, 0) is 23.8 Å². The number of carbonyl (C=O) groups excluding carboxylic acids is 1. The van der Waals surface area contributed by atoms with E-state index in [4.69, 9.17) is 4.74 Å². The molecule has 0 aliphatic carbocycles. The van der Waals surface area contributed by atoms with Crippen molar-refractivity contribution in [2.45, 2.75) is 12.8 Å². The van der Waals surface area contributed by atoms with E-state index in [1.807, 2.05) is 6.07 Å². The molecule has 0 bridgehead atoms. The topological polar surface area (TPSA) is 62.5 Å². The third-order valence-corrected chi connectivity index (χ3v) is 3.92. The molecule has 0 amide bonds. The summed E-state index contributed by atoms with van der Waals surface area (Å²) in [6, 6.07) is 11.8. The van der Waals surface area contributed by atoms with Crippen LogP contribution in [0.2, 0.25) is 0 Å². The maximum Gasteiger partial charge on any atom is 0.416 e. The van der Waals surface area contributed by atoms with Gasteiger partial charge in [-0.3, -0.25) is 0 Å². The smallest absolute Gasteiger partial charge is 0.416 e. The summed E-state index contributed by atoms with van der Waals surface area (Å²) in [6.45, 7) is 0.0188. The van der Waals surface area contributed by atoms with Crippen LogP contribution in [0.3, 0.4) is 0 Å². The van der Waals surface area contributed by atoms with Crippen LogP contribution in [0.4, 0.5) is 13.2 Å². The van der Waals surface area contributed by atoms with Crippen molar-refractivity contribution in [3.8, 4) is 5.75 Å². The molecule has 0 saturated heterocycles. The third kappa shape index (κ3) is 3.79. The second kappa shape index (κ2) is 7.14. The first kappa shape index (κ1) is 18.5. The van der Waals surface area contributed by atoms with Crippen LogP contribution in [0.15, 0.2) is 54.7 Å². The summed E-state index contributed by atoms with van der Waals surface area (Å²) in [5, 5.41) is 12.5. The first-order valence-corrected chi connectivity index (χ1v) is 7.83. The average molecular weight is 377 g/mol. The van der Waals surface area contributed by atoms with Crippen LogP contribution in [0, 0.1) is 5.21 Å². The molecule has 0 spiro atoms. The SMILES string of the molecule is COC(=O)c1c(OCc2ccccc2)c2ccc(C(F)(F)F)cc2c[n+]1[O-]. The summed E-state index contributed by atoms with van der Waals surface area (Å²) in [5.41, 5.74) is -0.579. The van der Waals surface area contributed by atoms with Crippen molar-refractivity contribution < 1.29 is 32.2 Å². The lowest BCUT2D eigenvalue weighted by atomic mass is 10.1. The van der Waals surface area contributed by atoms with Crippen molar-refractivity contribution in [3.05, 3.63) is 76.8 Å². The molecule has 0 unspecified atom stereocenters. The average Bonchev–Trinajstić information content (AvgIpc) is 2.64. The first-order valence-electron chi connectivity index (χ1n) is 7.83. The summed E-state index contributed by atoms with van der Waals surface area (Å²) in [7, 11) is 1.10. The monoisotopic (exact) mass is 377 g/mol. The van der Waals surface area contributed by atoms with Crippen LogP contribution >= 0.6 is 0 Å². The molecule has 0 saturated carbocycles. The predicted molar refractivity (Wildman–Crippen MR) is 90.0 cm³/mol. The van der Waals surface area contributed by atoms with Crippen molar-refractivity contribution in [2.75, 3.05) is 7.11 Å². The van der Waals surface area contributed by atoms with E-state index in [0.29, 0.717) is 0 Å². The van der Waals surface area contributed by atoms with Gasteiger partial charge in [0.25, 0.3) is 0 Å². The number of methoxy groups -OCH3 is 1. The summed E-state index contributed by atoms with van der Waals surface area (Å²) in [5.74, 6) is -1.08. The molecule has 0 aliphatic heterocycles. The van der Waals surface area contributed by atoms with Crippen LogP contribution in [0.25, 0.3) is 10.8 Å². The molecule has 1 aromatic heterocycles. The second-order valence-electron chi connectivity index (χ2n) is 5.70. The highest BCUT2D eigenvalue weighted by molar-refractivity contribution is 5.97. The summed E-state index contributed by atoms with van der Waals surface area (Å²) >= 11 is 0. The van der Waals surface area contributed by atoms with Gasteiger partial charge in [-0.1, -0.05) is 30.3 Å². The first-order chi connectivity index (χ1) is 12.8. The molecule has 140 valence electrons. The molecule has 3 rings (SSSR count). The van der Waals surface area contributed by atoms with Gasteiger partial charge in [-0.15, -0.1) is 0 Å². The molecule has 0 radical (unpaired) electrons. The lowest BCUT2D eigenvalue weighted by molar-refractivity contribution is -0.607. The lowest BCUT2D eigenvalue weighted by Crippen LogP contribution is -2.35. The number of pyridine rings is 1. The number of ether oxygens (including phenoxy) is 2. The van der Waals surface area contributed by atoms with Crippen molar-refractivity contribution >= 4 is 16.7 Å². The van der Waals surface area contributed by atoms with Crippen molar-refractivity contribution in [1.82, 2.24) is 0 Å². The number of aromatic nitrogens is 1. The van der Waals surface area contributed by atoms with E-state index in [9.17, 15) is 23.2 Å². The Morgan fingerprint density at radius 1 is 1.15 bits per heavy atom. The van der Waals surface area contributed by atoms with Gasteiger partial charge < -0.3 is 14.7 Å². The molecule has 2 aromatic carbocycles. The van der Waals surface area contributed by atoms with Gasteiger partial charge in [-0.25, -0.2) is 4.79 Å². The molecule has 5 nitrogen and oxygen atoms in total. The van der Waals surface area contributed by atoms with Crippen LogP contribution in [0.5, 0.6) is 5.75 Å². The number of nitrogens with zero attached hydrogens (tertiary/aromatic N) is 1. The Kier molecular flexibility index (Phi) is 4.89. The van der Waals surface area contributed by atoms with Gasteiger partial charge in [0.05, 0.1) is 18.1 Å². The number of hydrogen-bond acceptors (Lipinski definition) is 4. The minimum Gasteiger partial charge on any atom is -0.618 e. The van der Waals surface area contributed by atoms with Gasteiger partial charge in [0.15, 0.2) is 6.20 Å². The molecular weight excluding hydrogens is 363 g/mol. The lowest BCUT2D eigenvalue weighted by Gasteiger charge is -2.14. The van der Waals surface area contributed by atoms with Gasteiger partial charge in [-0.2, -0.15) is 17.9 Å². The van der Waals surface area contributed by atoms with E-state index in [-0.39, 0.29) is 27.9 Å². The van der Waals surface area contributed by atoms with Gasteiger partial charge in [0, 0.05) is 5.39 Å². The standard InChI is InChI=1S/C19H14F3NO4/c1-26-18(24)16-17(27-11-12-5-3-2-4-6-12)15-8-7-14(19(20,21)22)9-13(15)10-23(16)25/h2-10H,11H2,1H3. The molecule has 8 heteroatoms. The molecular formula is C19H14F3NO4. The summed E-state index contributed by atoms with van der Waals surface area (Å²) in [6.07, 6.45) is -3.67. The van der Waals surface area contributed by atoms with Crippen LogP contribution in [0.1, 0.15) is 21.6 Å². The van der Waals surface area contributed by atoms with Crippen LogP contribution in [-0.4, -0.2) is 13.1 Å². The Hall–Kier alpha value is -3.29. The molecule has 0 N–H and O–H groups in total. The number of esters is 1. The fourth-order valence-electron chi connectivity index (χ4n) is 2.63. The minimum absolute atomic E-state index is 0.00413. The Morgan fingerprint density at radius 3 is 2.48 bits per heavy atom. The molecule has 0 atom stereocenters. The zero-order valence-electron chi connectivity index (χ0n) is 14.1. The van der Waals surface area contributed by atoms with Gasteiger partial charge >= 0.3 is 17.8 Å². The number of rotatable bonds is 4. The summed E-state index contributed by atoms with van der Waals surface area (Å²) in [4.78, 5) is 12.0. The van der Waals surface area contributed by atoms with Crippen LogP contribution < -0.4 is 9.47 Å². The quantitative estimate of drug-likeness (QED) is 0.394. The molecule has 0 aliphatic rings. The Bertz CT molecular complexity index is 988. The number of halogens is 3. The molecule has 3 aromatic rings. The van der Waals surface area contributed by atoms with Gasteiger partial charge in [0.1, 0.15) is 6.61 Å². The number of benzene rings is 2. The van der Waals surface area contributed by atoms with E-state index >= 15 is 0 Å². The molecule has 1 heterocycles. The number of carbonyl (C=O) groups is 1. The third-order valence-electron chi connectivity index (χ3n) is 3.92. The Morgan fingerprint density at radius 2 is 1.85 bits per heavy atom. The largest absolute Gasteiger partial charge is 0.618 e. The normalized spacial score (nSPS) is 11.4. The van der Waals surface area contributed by atoms with E-state index in [1.165, 1.54) is 6.07 Å². The van der Waals surface area contributed by atoms with E-state index in [0.717, 1.165) is 31.0 Å².